The molecule has 1 unspecified atom stereocenters. The highest BCUT2D eigenvalue weighted by Gasteiger charge is 2.30. The fourth-order valence-corrected chi connectivity index (χ4v) is 3.56. The van der Waals surface area contributed by atoms with Crippen LogP contribution in [0.2, 0.25) is 0 Å². The summed E-state index contributed by atoms with van der Waals surface area (Å²) in [4.78, 5) is 27.8. The summed E-state index contributed by atoms with van der Waals surface area (Å²) in [5.41, 5.74) is 3.99. The van der Waals surface area contributed by atoms with E-state index in [1.165, 1.54) is 11.1 Å². The molecular formula is C23H28N2O3. The van der Waals surface area contributed by atoms with E-state index in [0.717, 1.165) is 36.4 Å². The summed E-state index contributed by atoms with van der Waals surface area (Å²) in [6.45, 7) is 7.66. The van der Waals surface area contributed by atoms with E-state index in [9.17, 15) is 9.59 Å². The van der Waals surface area contributed by atoms with E-state index in [-0.39, 0.29) is 11.8 Å². The van der Waals surface area contributed by atoms with Crippen LogP contribution in [0.3, 0.4) is 0 Å². The van der Waals surface area contributed by atoms with Crippen molar-refractivity contribution in [1.82, 2.24) is 0 Å². The lowest BCUT2D eigenvalue weighted by Gasteiger charge is -2.24. The number of hydrogen-bond donors (Lipinski definition) is 0. The number of aryl methyl sites for hydroxylation is 1. The molecule has 0 saturated carbocycles. The molecule has 2 aromatic rings. The van der Waals surface area contributed by atoms with Crippen LogP contribution in [-0.2, 0) is 9.59 Å². The van der Waals surface area contributed by atoms with Gasteiger partial charge in [-0.15, -0.1) is 0 Å². The largest absolute Gasteiger partial charge is 0.493 e. The van der Waals surface area contributed by atoms with Crippen molar-refractivity contribution in [3.8, 4) is 5.75 Å². The summed E-state index contributed by atoms with van der Waals surface area (Å²) in [5.74, 6) is 0.752. The average Bonchev–Trinajstić information content (AvgIpc) is 2.80. The Morgan fingerprint density at radius 1 is 1.07 bits per heavy atom. The second-order valence-corrected chi connectivity index (χ2v) is 7.39. The van der Waals surface area contributed by atoms with Crippen LogP contribution < -0.4 is 14.5 Å². The third kappa shape index (κ3) is 4.19. The third-order valence-corrected chi connectivity index (χ3v) is 5.36. The lowest BCUT2D eigenvalue weighted by molar-refractivity contribution is -0.121. The number of unbranched alkanes of at least 4 members (excludes halogenated alkanes) is 1. The first-order valence-corrected chi connectivity index (χ1v) is 9.84. The van der Waals surface area contributed by atoms with Gasteiger partial charge in [-0.3, -0.25) is 9.59 Å². The Hall–Kier alpha value is -2.82. The minimum Gasteiger partial charge on any atom is -0.493 e. The minimum atomic E-state index is -0.233. The molecule has 0 fully saturated rings. The van der Waals surface area contributed by atoms with Gasteiger partial charge >= 0.3 is 0 Å². The molecule has 1 aliphatic rings. The quantitative estimate of drug-likeness (QED) is 0.537. The molecule has 0 radical (unpaired) electrons. The molecule has 1 atom stereocenters. The molecule has 2 aromatic carbocycles. The molecule has 0 spiro atoms. The standard InChI is InChI=1S/C23H28N2O3/c1-17-9-8-12-22(19(17)3)28-14-7-6-13-25-21-11-5-4-10-20(21)24(16-26)15-18(2)23(25)27/h4-5,8-12,16,18H,6-7,13-15H2,1-3H3. The van der Waals surface area contributed by atoms with Gasteiger partial charge in [0.05, 0.1) is 23.9 Å². The summed E-state index contributed by atoms with van der Waals surface area (Å²) in [5, 5.41) is 0. The summed E-state index contributed by atoms with van der Waals surface area (Å²) < 4.78 is 5.93. The summed E-state index contributed by atoms with van der Waals surface area (Å²) in [6, 6.07) is 13.7. The van der Waals surface area contributed by atoms with E-state index < -0.39 is 0 Å². The monoisotopic (exact) mass is 380 g/mol. The van der Waals surface area contributed by atoms with Gasteiger partial charge in [0.2, 0.25) is 12.3 Å². The van der Waals surface area contributed by atoms with Gasteiger partial charge in [-0.1, -0.05) is 31.2 Å². The number of hydrogen-bond acceptors (Lipinski definition) is 3. The van der Waals surface area contributed by atoms with Gasteiger partial charge in [0.1, 0.15) is 5.75 Å². The number of anilines is 2. The Morgan fingerprint density at radius 3 is 2.57 bits per heavy atom. The molecule has 2 amide bonds. The van der Waals surface area contributed by atoms with Crippen LogP contribution in [0.25, 0.3) is 0 Å². The van der Waals surface area contributed by atoms with Gasteiger partial charge in [-0.05, 0) is 56.0 Å². The van der Waals surface area contributed by atoms with Crippen molar-refractivity contribution in [2.45, 2.75) is 33.6 Å². The molecule has 0 N–H and O–H groups in total. The number of fused-ring (bicyclic) bond motifs is 1. The Bertz CT molecular complexity index is 849. The number of amides is 2. The highest BCUT2D eigenvalue weighted by molar-refractivity contribution is 6.02. The van der Waals surface area contributed by atoms with Crippen molar-refractivity contribution in [1.29, 1.82) is 0 Å². The van der Waals surface area contributed by atoms with Crippen molar-refractivity contribution in [3.63, 3.8) is 0 Å². The van der Waals surface area contributed by atoms with Crippen LogP contribution in [0.15, 0.2) is 42.5 Å². The highest BCUT2D eigenvalue weighted by Crippen LogP contribution is 2.33. The zero-order valence-electron chi connectivity index (χ0n) is 16.9. The maximum Gasteiger partial charge on any atom is 0.231 e. The molecule has 148 valence electrons. The number of nitrogens with zero attached hydrogens (tertiary/aromatic N) is 2. The number of rotatable bonds is 7. The third-order valence-electron chi connectivity index (χ3n) is 5.36. The Morgan fingerprint density at radius 2 is 1.82 bits per heavy atom. The Labute approximate surface area is 166 Å². The van der Waals surface area contributed by atoms with E-state index in [4.69, 9.17) is 4.74 Å². The molecule has 1 aliphatic heterocycles. The maximum atomic E-state index is 12.9. The molecule has 5 nitrogen and oxygen atoms in total. The van der Waals surface area contributed by atoms with Crippen LogP contribution >= 0.6 is 0 Å². The van der Waals surface area contributed by atoms with Gasteiger partial charge in [-0.2, -0.15) is 0 Å². The van der Waals surface area contributed by atoms with Gasteiger partial charge in [0, 0.05) is 13.1 Å². The second kappa shape index (κ2) is 8.91. The first-order valence-electron chi connectivity index (χ1n) is 9.84. The van der Waals surface area contributed by atoms with E-state index in [1.54, 1.807) is 4.90 Å². The van der Waals surface area contributed by atoms with Gasteiger partial charge in [0.25, 0.3) is 0 Å². The SMILES string of the molecule is Cc1cccc(OCCCCN2C(=O)C(C)CN(C=O)c3ccccc32)c1C. The van der Waals surface area contributed by atoms with E-state index in [1.807, 2.05) is 48.2 Å². The smallest absolute Gasteiger partial charge is 0.231 e. The van der Waals surface area contributed by atoms with Gasteiger partial charge in [0.15, 0.2) is 0 Å². The van der Waals surface area contributed by atoms with Crippen LogP contribution in [0.5, 0.6) is 5.75 Å². The second-order valence-electron chi connectivity index (χ2n) is 7.39. The summed E-state index contributed by atoms with van der Waals surface area (Å²) >= 11 is 0. The Balaban J connectivity index is 1.63. The van der Waals surface area contributed by atoms with Crippen molar-refractivity contribution in [2.24, 2.45) is 5.92 Å². The van der Waals surface area contributed by atoms with Gasteiger partial charge in [-0.25, -0.2) is 0 Å². The number of para-hydroxylation sites is 2. The fourth-order valence-electron chi connectivity index (χ4n) is 3.56. The molecule has 0 bridgehead atoms. The zero-order valence-corrected chi connectivity index (χ0v) is 16.9. The van der Waals surface area contributed by atoms with E-state index >= 15 is 0 Å². The number of ether oxygens (including phenoxy) is 1. The van der Waals surface area contributed by atoms with Crippen LogP contribution in [0, 0.1) is 19.8 Å². The first kappa shape index (κ1) is 19.9. The number of carbonyl (C=O) groups excluding carboxylic acids is 2. The molecule has 5 heteroatoms. The molecule has 0 aromatic heterocycles. The van der Waals surface area contributed by atoms with Gasteiger partial charge < -0.3 is 14.5 Å². The Kier molecular flexibility index (Phi) is 6.34. The molecule has 0 aliphatic carbocycles. The van der Waals surface area contributed by atoms with E-state index in [2.05, 4.69) is 19.9 Å². The van der Waals surface area contributed by atoms with Crippen molar-refractivity contribution in [2.75, 3.05) is 29.5 Å². The lowest BCUT2D eigenvalue weighted by Crippen LogP contribution is -2.37. The molecule has 1 heterocycles. The fraction of sp³-hybridized carbons (Fsp3) is 0.391. The summed E-state index contributed by atoms with van der Waals surface area (Å²) in [6.07, 6.45) is 2.49. The lowest BCUT2D eigenvalue weighted by atomic mass is 10.1. The first-order chi connectivity index (χ1) is 13.5. The molecule has 3 rings (SSSR count). The normalized spacial score (nSPS) is 16.5. The molecule has 0 saturated heterocycles. The molecule has 28 heavy (non-hydrogen) atoms. The maximum absolute atomic E-state index is 12.9. The van der Waals surface area contributed by atoms with Crippen molar-refractivity contribution < 1.29 is 14.3 Å². The van der Waals surface area contributed by atoms with Crippen molar-refractivity contribution in [3.05, 3.63) is 53.6 Å². The van der Waals surface area contributed by atoms with Crippen LogP contribution in [-0.4, -0.2) is 32.0 Å². The topological polar surface area (TPSA) is 49.9 Å². The van der Waals surface area contributed by atoms with Crippen molar-refractivity contribution >= 4 is 23.7 Å². The number of carbonyl (C=O) groups is 2. The predicted octanol–water partition coefficient (Wildman–Crippen LogP) is 4.11. The average molecular weight is 380 g/mol. The molecular weight excluding hydrogens is 352 g/mol. The van der Waals surface area contributed by atoms with Crippen LogP contribution in [0.1, 0.15) is 30.9 Å². The summed E-state index contributed by atoms with van der Waals surface area (Å²) in [7, 11) is 0. The van der Waals surface area contributed by atoms with Crippen LogP contribution in [0.4, 0.5) is 11.4 Å². The highest BCUT2D eigenvalue weighted by atomic mass is 16.5. The number of benzene rings is 2. The minimum absolute atomic E-state index is 0.0623. The van der Waals surface area contributed by atoms with E-state index in [0.29, 0.717) is 19.7 Å². The predicted molar refractivity (Wildman–Crippen MR) is 112 cm³/mol. The zero-order chi connectivity index (χ0) is 20.1.